The Kier molecular flexibility index (Phi) is 6.16. The molecule has 27 heavy (non-hydrogen) atoms. The quantitative estimate of drug-likeness (QED) is 0.574. The van der Waals surface area contributed by atoms with E-state index in [9.17, 15) is 14.4 Å². The first kappa shape index (κ1) is 20.4. The van der Waals surface area contributed by atoms with Crippen molar-refractivity contribution in [1.29, 1.82) is 0 Å². The number of benzene rings is 2. The minimum Gasteiger partial charge on any atom is -0.457 e. The Morgan fingerprint density at radius 1 is 0.815 bits per heavy atom. The number of carbonyl (C=O) groups is 3. The van der Waals surface area contributed by atoms with Crippen molar-refractivity contribution in [1.82, 2.24) is 0 Å². The predicted octanol–water partition coefficient (Wildman–Crippen LogP) is 3.76. The smallest absolute Gasteiger partial charge is 0.359 e. The summed E-state index contributed by atoms with van der Waals surface area (Å²) in [4.78, 5) is 38.2. The molecule has 0 heterocycles. The van der Waals surface area contributed by atoms with E-state index in [-0.39, 0.29) is 12.0 Å². The van der Waals surface area contributed by atoms with Gasteiger partial charge in [-0.3, -0.25) is 4.79 Å². The lowest BCUT2D eigenvalue weighted by Crippen LogP contribution is -2.54. The highest BCUT2D eigenvalue weighted by atomic mass is 16.6. The molecule has 0 aliphatic carbocycles. The number of ketones is 1. The van der Waals surface area contributed by atoms with Crippen molar-refractivity contribution >= 4 is 17.7 Å². The molecule has 5 nitrogen and oxygen atoms in total. The Bertz CT molecular complexity index is 806. The second-order valence-electron chi connectivity index (χ2n) is 7.30. The Hall–Kier alpha value is -2.95. The van der Waals surface area contributed by atoms with Crippen LogP contribution in [0.3, 0.4) is 0 Å². The third-order valence-electron chi connectivity index (χ3n) is 3.87. The first-order valence-corrected chi connectivity index (χ1v) is 8.71. The summed E-state index contributed by atoms with van der Waals surface area (Å²) >= 11 is 0. The lowest BCUT2D eigenvalue weighted by atomic mass is 9.90. The summed E-state index contributed by atoms with van der Waals surface area (Å²) in [6.45, 7) is 6.30. The number of esters is 2. The van der Waals surface area contributed by atoms with Gasteiger partial charge < -0.3 is 9.47 Å². The Balaban J connectivity index is 2.45. The van der Waals surface area contributed by atoms with Crippen molar-refractivity contribution in [2.45, 2.75) is 45.3 Å². The highest BCUT2D eigenvalue weighted by Gasteiger charge is 2.50. The monoisotopic (exact) mass is 368 g/mol. The second kappa shape index (κ2) is 8.16. The number of hydrogen-bond donors (Lipinski definition) is 0. The SMILES string of the molecule is CC(=O)C(Cc1ccccc1)(OC(=O)c1ccccc1)C(=O)OC(C)(C)C. The van der Waals surface area contributed by atoms with E-state index >= 15 is 0 Å². The van der Waals surface area contributed by atoms with Gasteiger partial charge in [0.15, 0.2) is 5.78 Å². The third-order valence-corrected chi connectivity index (χ3v) is 3.87. The average molecular weight is 368 g/mol. The van der Waals surface area contributed by atoms with Gasteiger partial charge in [0.2, 0.25) is 0 Å². The van der Waals surface area contributed by atoms with Crippen LogP contribution in [0.5, 0.6) is 0 Å². The van der Waals surface area contributed by atoms with Crippen LogP contribution in [0.2, 0.25) is 0 Å². The lowest BCUT2D eigenvalue weighted by Gasteiger charge is -2.32. The molecule has 1 atom stereocenters. The minimum atomic E-state index is -2.05. The molecule has 2 aromatic carbocycles. The van der Waals surface area contributed by atoms with Gasteiger partial charge in [0.05, 0.1) is 5.56 Å². The molecule has 0 aliphatic heterocycles. The molecular weight excluding hydrogens is 344 g/mol. The van der Waals surface area contributed by atoms with E-state index in [0.717, 1.165) is 0 Å². The first-order chi connectivity index (χ1) is 12.6. The van der Waals surface area contributed by atoms with Gasteiger partial charge in [-0.15, -0.1) is 0 Å². The standard InChI is InChI=1S/C22H24O5/c1-16(23)22(20(25)27-21(2,3)4,15-17-11-7-5-8-12-17)26-19(24)18-13-9-6-10-14-18/h5-14H,15H2,1-4H3. The van der Waals surface area contributed by atoms with Gasteiger partial charge in [0.25, 0.3) is 5.60 Å². The van der Waals surface area contributed by atoms with Gasteiger partial charge in [-0.25, -0.2) is 9.59 Å². The van der Waals surface area contributed by atoms with Crippen LogP contribution >= 0.6 is 0 Å². The molecule has 0 bridgehead atoms. The number of hydrogen-bond acceptors (Lipinski definition) is 5. The summed E-state index contributed by atoms with van der Waals surface area (Å²) in [5.74, 6) is -2.23. The van der Waals surface area contributed by atoms with Crippen LogP contribution < -0.4 is 0 Å². The molecule has 0 saturated carbocycles. The molecule has 0 radical (unpaired) electrons. The summed E-state index contributed by atoms with van der Waals surface area (Å²) < 4.78 is 11.0. The zero-order chi connectivity index (χ0) is 20.1. The fourth-order valence-corrected chi connectivity index (χ4v) is 2.53. The predicted molar refractivity (Wildman–Crippen MR) is 101 cm³/mol. The molecule has 0 N–H and O–H groups in total. The van der Waals surface area contributed by atoms with E-state index in [1.807, 2.05) is 6.07 Å². The van der Waals surface area contributed by atoms with E-state index in [2.05, 4.69) is 0 Å². The number of rotatable bonds is 6. The molecule has 2 aromatic rings. The zero-order valence-electron chi connectivity index (χ0n) is 16.0. The van der Waals surface area contributed by atoms with Gasteiger partial charge >= 0.3 is 11.9 Å². The second-order valence-corrected chi connectivity index (χ2v) is 7.30. The van der Waals surface area contributed by atoms with Gasteiger partial charge in [0, 0.05) is 6.42 Å². The van der Waals surface area contributed by atoms with Gasteiger partial charge in [-0.05, 0) is 45.4 Å². The summed E-state index contributed by atoms with van der Waals surface area (Å²) in [5.41, 5.74) is -1.96. The maximum atomic E-state index is 13.0. The largest absolute Gasteiger partial charge is 0.457 e. The zero-order valence-corrected chi connectivity index (χ0v) is 16.0. The van der Waals surface area contributed by atoms with Crippen molar-refractivity contribution in [3.8, 4) is 0 Å². The van der Waals surface area contributed by atoms with Crippen LogP contribution in [-0.2, 0) is 25.5 Å². The summed E-state index contributed by atoms with van der Waals surface area (Å²) in [7, 11) is 0. The number of ether oxygens (including phenoxy) is 2. The van der Waals surface area contributed by atoms with Crippen molar-refractivity contribution in [3.63, 3.8) is 0 Å². The van der Waals surface area contributed by atoms with E-state index in [1.54, 1.807) is 75.4 Å². The molecular formula is C22H24O5. The van der Waals surface area contributed by atoms with E-state index in [0.29, 0.717) is 5.56 Å². The molecule has 2 rings (SSSR count). The average Bonchev–Trinajstić information content (AvgIpc) is 2.61. The molecule has 0 saturated heterocycles. The van der Waals surface area contributed by atoms with Crippen molar-refractivity contribution in [2.75, 3.05) is 0 Å². The molecule has 142 valence electrons. The van der Waals surface area contributed by atoms with Crippen LogP contribution in [0.15, 0.2) is 60.7 Å². The third kappa shape index (κ3) is 5.26. The van der Waals surface area contributed by atoms with Crippen LogP contribution in [0.1, 0.15) is 43.6 Å². The fraction of sp³-hybridized carbons (Fsp3) is 0.318. The van der Waals surface area contributed by atoms with E-state index in [1.165, 1.54) is 6.92 Å². The lowest BCUT2D eigenvalue weighted by molar-refractivity contribution is -0.180. The summed E-state index contributed by atoms with van der Waals surface area (Å²) in [5, 5.41) is 0. The first-order valence-electron chi connectivity index (χ1n) is 8.71. The normalized spacial score (nSPS) is 13.3. The van der Waals surface area contributed by atoms with Gasteiger partial charge in [0.1, 0.15) is 5.60 Å². The number of Topliss-reactive ketones (excluding diaryl/α,β-unsaturated/α-hetero) is 1. The highest BCUT2D eigenvalue weighted by Crippen LogP contribution is 2.26. The molecule has 0 aromatic heterocycles. The van der Waals surface area contributed by atoms with Crippen molar-refractivity contribution in [3.05, 3.63) is 71.8 Å². The summed E-state index contributed by atoms with van der Waals surface area (Å²) in [6.07, 6.45) is -0.101. The number of carbonyl (C=O) groups excluding carboxylic acids is 3. The molecule has 1 unspecified atom stereocenters. The topological polar surface area (TPSA) is 69.7 Å². The Morgan fingerprint density at radius 2 is 1.33 bits per heavy atom. The Labute approximate surface area is 159 Å². The van der Waals surface area contributed by atoms with Gasteiger partial charge in [-0.2, -0.15) is 0 Å². The van der Waals surface area contributed by atoms with Crippen molar-refractivity contribution < 1.29 is 23.9 Å². The molecule has 0 spiro atoms. The van der Waals surface area contributed by atoms with Gasteiger partial charge in [-0.1, -0.05) is 48.5 Å². The van der Waals surface area contributed by atoms with E-state index in [4.69, 9.17) is 9.47 Å². The van der Waals surface area contributed by atoms with Crippen LogP contribution in [-0.4, -0.2) is 28.9 Å². The molecule has 5 heteroatoms. The van der Waals surface area contributed by atoms with E-state index < -0.39 is 28.9 Å². The van der Waals surface area contributed by atoms with Crippen LogP contribution in [0, 0.1) is 0 Å². The molecule has 0 aliphatic rings. The van der Waals surface area contributed by atoms with Crippen LogP contribution in [0.25, 0.3) is 0 Å². The highest BCUT2D eigenvalue weighted by molar-refractivity contribution is 6.09. The molecule has 0 fully saturated rings. The maximum absolute atomic E-state index is 13.0. The summed E-state index contributed by atoms with van der Waals surface area (Å²) in [6, 6.07) is 17.2. The molecule has 0 amide bonds. The Morgan fingerprint density at radius 3 is 1.81 bits per heavy atom. The minimum absolute atomic E-state index is 0.101. The van der Waals surface area contributed by atoms with Crippen molar-refractivity contribution in [2.24, 2.45) is 0 Å². The maximum Gasteiger partial charge on any atom is 0.359 e. The fourth-order valence-electron chi connectivity index (χ4n) is 2.53. The van der Waals surface area contributed by atoms with Crippen LogP contribution in [0.4, 0.5) is 0 Å².